The fourth-order valence-electron chi connectivity index (χ4n) is 2.22. The van der Waals surface area contributed by atoms with E-state index in [2.05, 4.69) is 5.32 Å². The Morgan fingerprint density at radius 3 is 3.06 bits per heavy atom. The molecule has 1 saturated heterocycles. The number of rotatable bonds is 2. The van der Waals surface area contributed by atoms with Crippen molar-refractivity contribution in [1.29, 1.82) is 0 Å². The zero-order valence-electron chi connectivity index (χ0n) is 10.1. The van der Waals surface area contributed by atoms with Gasteiger partial charge in [0.1, 0.15) is 5.82 Å². The number of anilines is 1. The van der Waals surface area contributed by atoms with Crippen molar-refractivity contribution >= 4 is 11.7 Å². The molecule has 1 aromatic carbocycles. The Bertz CT molecular complexity index is 425. The smallest absolute Gasteiger partial charge is 0.322 e. The van der Waals surface area contributed by atoms with Crippen molar-refractivity contribution < 1.29 is 14.3 Å². The van der Waals surface area contributed by atoms with Crippen molar-refractivity contribution in [1.82, 2.24) is 4.90 Å². The number of benzene rings is 1. The molecule has 0 bridgehead atoms. The minimum atomic E-state index is -0.384. The fraction of sp³-hybridized carbons (Fsp3) is 0.462. The normalized spacial score (nSPS) is 19.7. The molecule has 2 N–H and O–H groups in total. The number of piperidine rings is 1. The zero-order chi connectivity index (χ0) is 13.0. The molecular formula is C13H17FN2O2. The van der Waals surface area contributed by atoms with E-state index in [1.54, 1.807) is 17.0 Å². The second-order valence-electron chi connectivity index (χ2n) is 4.47. The third-order valence-corrected chi connectivity index (χ3v) is 3.17. The van der Waals surface area contributed by atoms with Crippen LogP contribution in [-0.2, 0) is 0 Å². The second-order valence-corrected chi connectivity index (χ2v) is 4.47. The third kappa shape index (κ3) is 2.98. The molecule has 5 heteroatoms. The van der Waals surface area contributed by atoms with Crippen LogP contribution in [0.25, 0.3) is 0 Å². The van der Waals surface area contributed by atoms with Gasteiger partial charge < -0.3 is 15.3 Å². The van der Waals surface area contributed by atoms with Crippen LogP contribution < -0.4 is 5.32 Å². The fourth-order valence-corrected chi connectivity index (χ4v) is 2.22. The summed E-state index contributed by atoms with van der Waals surface area (Å²) in [5, 5.41) is 11.9. The van der Waals surface area contributed by atoms with Crippen molar-refractivity contribution in [2.45, 2.75) is 25.3 Å². The van der Waals surface area contributed by atoms with Gasteiger partial charge in [-0.2, -0.15) is 0 Å². The van der Waals surface area contributed by atoms with E-state index in [0.29, 0.717) is 12.2 Å². The number of nitrogens with one attached hydrogen (secondary N) is 1. The molecule has 0 aliphatic carbocycles. The van der Waals surface area contributed by atoms with Gasteiger partial charge in [-0.05, 0) is 37.5 Å². The summed E-state index contributed by atoms with van der Waals surface area (Å²) in [7, 11) is 0. The van der Waals surface area contributed by atoms with Crippen LogP contribution in [0.4, 0.5) is 14.9 Å². The van der Waals surface area contributed by atoms with Crippen LogP contribution in [0.5, 0.6) is 0 Å². The van der Waals surface area contributed by atoms with Gasteiger partial charge in [-0.3, -0.25) is 0 Å². The minimum absolute atomic E-state index is 0.0312. The molecule has 1 atom stereocenters. The van der Waals surface area contributed by atoms with Crippen molar-refractivity contribution in [3.63, 3.8) is 0 Å². The first-order valence-electron chi connectivity index (χ1n) is 6.15. The van der Waals surface area contributed by atoms with Gasteiger partial charge in [-0.25, -0.2) is 9.18 Å². The Hall–Kier alpha value is -1.62. The Morgan fingerprint density at radius 1 is 1.50 bits per heavy atom. The highest BCUT2D eigenvalue weighted by molar-refractivity contribution is 5.89. The average molecular weight is 252 g/mol. The molecule has 1 aliphatic heterocycles. The lowest BCUT2D eigenvalue weighted by Crippen LogP contribution is -2.47. The topological polar surface area (TPSA) is 52.6 Å². The Labute approximate surface area is 105 Å². The molecule has 0 saturated carbocycles. The van der Waals surface area contributed by atoms with E-state index in [4.69, 9.17) is 0 Å². The summed E-state index contributed by atoms with van der Waals surface area (Å²) < 4.78 is 13.0. The molecule has 1 fully saturated rings. The summed E-state index contributed by atoms with van der Waals surface area (Å²) in [5.41, 5.74) is 0.433. The van der Waals surface area contributed by atoms with Crippen LogP contribution in [0.2, 0.25) is 0 Å². The first-order chi connectivity index (χ1) is 8.70. The predicted octanol–water partition coefficient (Wildman–Crippen LogP) is 2.20. The summed E-state index contributed by atoms with van der Waals surface area (Å²) in [6.07, 6.45) is 2.77. The van der Waals surface area contributed by atoms with Crippen LogP contribution in [-0.4, -0.2) is 35.2 Å². The van der Waals surface area contributed by atoms with Gasteiger partial charge >= 0.3 is 6.03 Å². The molecule has 18 heavy (non-hydrogen) atoms. The molecule has 1 unspecified atom stereocenters. The third-order valence-electron chi connectivity index (χ3n) is 3.17. The maximum absolute atomic E-state index is 13.0. The molecular weight excluding hydrogens is 235 g/mol. The highest BCUT2D eigenvalue weighted by atomic mass is 19.1. The standard InChI is InChI=1S/C13H17FN2O2/c14-10-4-3-5-11(8-10)15-13(18)16-7-2-1-6-12(16)9-17/h3-5,8,12,17H,1-2,6-7,9H2,(H,15,18). The lowest BCUT2D eigenvalue weighted by Gasteiger charge is -2.34. The van der Waals surface area contributed by atoms with Crippen LogP contribution in [0.15, 0.2) is 24.3 Å². The zero-order valence-corrected chi connectivity index (χ0v) is 10.1. The molecule has 98 valence electrons. The summed E-state index contributed by atoms with van der Waals surface area (Å²) >= 11 is 0. The SMILES string of the molecule is O=C(Nc1cccc(F)c1)N1CCCCC1CO. The van der Waals surface area contributed by atoms with Crippen molar-refractivity contribution in [2.75, 3.05) is 18.5 Å². The number of carbonyl (C=O) groups is 1. The maximum atomic E-state index is 13.0. The van der Waals surface area contributed by atoms with E-state index in [0.717, 1.165) is 19.3 Å². The molecule has 0 spiro atoms. The average Bonchev–Trinajstić information content (AvgIpc) is 2.38. The lowest BCUT2D eigenvalue weighted by atomic mass is 10.0. The van der Waals surface area contributed by atoms with Gasteiger partial charge in [-0.1, -0.05) is 6.07 Å². The van der Waals surface area contributed by atoms with E-state index in [9.17, 15) is 14.3 Å². The summed E-state index contributed by atoms with van der Waals surface area (Å²) in [5.74, 6) is -0.384. The molecule has 1 aliphatic rings. The van der Waals surface area contributed by atoms with E-state index < -0.39 is 0 Å². The number of halogens is 1. The van der Waals surface area contributed by atoms with Gasteiger partial charge in [0.25, 0.3) is 0 Å². The molecule has 0 aromatic heterocycles. The monoisotopic (exact) mass is 252 g/mol. The molecule has 2 amide bonds. The van der Waals surface area contributed by atoms with Crippen LogP contribution >= 0.6 is 0 Å². The highest BCUT2D eigenvalue weighted by Crippen LogP contribution is 2.18. The molecule has 1 aromatic rings. The van der Waals surface area contributed by atoms with E-state index >= 15 is 0 Å². The quantitative estimate of drug-likeness (QED) is 0.847. The van der Waals surface area contributed by atoms with E-state index in [1.807, 2.05) is 0 Å². The van der Waals surface area contributed by atoms with Crippen LogP contribution in [0.1, 0.15) is 19.3 Å². The van der Waals surface area contributed by atoms with Gasteiger partial charge in [0.2, 0.25) is 0 Å². The molecule has 4 nitrogen and oxygen atoms in total. The van der Waals surface area contributed by atoms with Gasteiger partial charge in [-0.15, -0.1) is 0 Å². The number of amides is 2. The number of aliphatic hydroxyl groups is 1. The molecule has 0 radical (unpaired) electrons. The first kappa shape index (κ1) is 12.8. The number of carbonyl (C=O) groups excluding carboxylic acids is 1. The van der Waals surface area contributed by atoms with Gasteiger partial charge in [0.05, 0.1) is 12.6 Å². The summed E-state index contributed by atoms with van der Waals surface area (Å²) in [6.45, 7) is 0.600. The summed E-state index contributed by atoms with van der Waals surface area (Å²) in [4.78, 5) is 13.6. The second kappa shape index (κ2) is 5.82. The highest BCUT2D eigenvalue weighted by Gasteiger charge is 2.25. The van der Waals surface area contributed by atoms with E-state index in [1.165, 1.54) is 12.1 Å². The maximum Gasteiger partial charge on any atom is 0.322 e. The molecule has 1 heterocycles. The Balaban J connectivity index is 2.02. The van der Waals surface area contributed by atoms with E-state index in [-0.39, 0.29) is 24.5 Å². The van der Waals surface area contributed by atoms with Crippen molar-refractivity contribution in [2.24, 2.45) is 0 Å². The number of aliphatic hydroxyl groups excluding tert-OH is 1. The van der Waals surface area contributed by atoms with Crippen LogP contribution in [0.3, 0.4) is 0 Å². The largest absolute Gasteiger partial charge is 0.394 e. The van der Waals surface area contributed by atoms with Gasteiger partial charge in [0.15, 0.2) is 0 Å². The predicted molar refractivity (Wildman–Crippen MR) is 66.8 cm³/mol. The first-order valence-corrected chi connectivity index (χ1v) is 6.15. The summed E-state index contributed by atoms with van der Waals surface area (Å²) in [6, 6.07) is 5.37. The lowest BCUT2D eigenvalue weighted by molar-refractivity contribution is 0.115. The number of hydrogen-bond donors (Lipinski definition) is 2. The molecule has 2 rings (SSSR count). The van der Waals surface area contributed by atoms with Crippen LogP contribution in [0, 0.1) is 5.82 Å². The Morgan fingerprint density at radius 2 is 2.33 bits per heavy atom. The number of urea groups is 1. The minimum Gasteiger partial charge on any atom is -0.394 e. The number of likely N-dealkylation sites (tertiary alicyclic amines) is 1. The number of hydrogen-bond acceptors (Lipinski definition) is 2. The number of nitrogens with zero attached hydrogens (tertiary/aromatic N) is 1. The Kier molecular flexibility index (Phi) is 4.15. The van der Waals surface area contributed by atoms with Crippen molar-refractivity contribution in [3.05, 3.63) is 30.1 Å². The van der Waals surface area contributed by atoms with Gasteiger partial charge in [0, 0.05) is 12.2 Å². The van der Waals surface area contributed by atoms with Crippen molar-refractivity contribution in [3.8, 4) is 0 Å².